The molecule has 0 saturated carbocycles. The summed E-state index contributed by atoms with van der Waals surface area (Å²) in [4.78, 5) is 24.1. The minimum atomic E-state index is -0.279. The summed E-state index contributed by atoms with van der Waals surface area (Å²) in [5.41, 5.74) is 0.341. The molecule has 0 aromatic carbocycles. The second-order valence-corrected chi connectivity index (χ2v) is 3.51. The van der Waals surface area contributed by atoms with Crippen LogP contribution in [-0.4, -0.2) is 36.2 Å². The monoisotopic (exact) mass is 224 g/mol. The molecule has 16 heavy (non-hydrogen) atoms. The highest BCUT2D eigenvalue weighted by molar-refractivity contribution is 5.81. The van der Waals surface area contributed by atoms with Gasteiger partial charge < -0.3 is 10.2 Å². The predicted molar refractivity (Wildman–Crippen MR) is 61.4 cm³/mol. The maximum atomic E-state index is 11.4. The summed E-state index contributed by atoms with van der Waals surface area (Å²) in [5, 5.41) is 8.71. The van der Waals surface area contributed by atoms with Crippen LogP contribution in [0, 0.1) is 0 Å². The molecule has 1 amide bonds. The fourth-order valence-electron chi connectivity index (χ4n) is 1.20. The zero-order valence-corrected chi connectivity index (χ0v) is 9.49. The van der Waals surface area contributed by atoms with Crippen molar-refractivity contribution >= 4 is 11.6 Å². The van der Waals surface area contributed by atoms with E-state index in [1.165, 1.54) is 12.3 Å². The van der Waals surface area contributed by atoms with Crippen LogP contribution in [0.15, 0.2) is 17.1 Å². The Morgan fingerprint density at radius 1 is 1.62 bits per heavy atom. The number of anilines is 1. The SMILES string of the molecule is CCCNC(=O)CN(C)c1cn[nH]c(=O)c1. The smallest absolute Gasteiger partial charge is 0.266 e. The molecule has 1 aromatic heterocycles. The Balaban J connectivity index is 2.55. The maximum absolute atomic E-state index is 11.4. The molecule has 1 heterocycles. The third-order valence-electron chi connectivity index (χ3n) is 2.04. The van der Waals surface area contributed by atoms with Crippen LogP contribution >= 0.6 is 0 Å². The molecule has 0 aliphatic heterocycles. The first kappa shape index (κ1) is 12.2. The number of nitrogens with one attached hydrogen (secondary N) is 2. The van der Waals surface area contributed by atoms with E-state index in [0.29, 0.717) is 12.2 Å². The highest BCUT2D eigenvalue weighted by Gasteiger charge is 2.07. The molecule has 6 heteroatoms. The highest BCUT2D eigenvalue weighted by Crippen LogP contribution is 2.04. The van der Waals surface area contributed by atoms with Crippen LogP contribution in [-0.2, 0) is 4.79 Å². The van der Waals surface area contributed by atoms with Gasteiger partial charge in [-0.2, -0.15) is 5.10 Å². The number of aromatic nitrogens is 2. The van der Waals surface area contributed by atoms with Gasteiger partial charge in [0.2, 0.25) is 5.91 Å². The quantitative estimate of drug-likeness (QED) is 0.722. The zero-order chi connectivity index (χ0) is 12.0. The van der Waals surface area contributed by atoms with Gasteiger partial charge in [-0.25, -0.2) is 5.10 Å². The number of amides is 1. The Bertz CT molecular complexity index is 402. The van der Waals surface area contributed by atoms with E-state index < -0.39 is 0 Å². The van der Waals surface area contributed by atoms with Crippen LogP contribution in [0.4, 0.5) is 5.69 Å². The standard InChI is InChI=1S/C10H16N4O2/c1-3-4-11-10(16)7-14(2)8-5-9(15)13-12-6-8/h5-6H,3-4,7H2,1-2H3,(H,11,16)(H,13,15). The Hall–Kier alpha value is -1.85. The molecular formula is C10H16N4O2. The van der Waals surface area contributed by atoms with Gasteiger partial charge in [-0.15, -0.1) is 0 Å². The Kier molecular flexibility index (Phi) is 4.50. The lowest BCUT2D eigenvalue weighted by Crippen LogP contribution is -2.35. The lowest BCUT2D eigenvalue weighted by Gasteiger charge is -2.17. The van der Waals surface area contributed by atoms with Gasteiger partial charge in [0, 0.05) is 19.7 Å². The third-order valence-corrected chi connectivity index (χ3v) is 2.04. The molecule has 0 aliphatic carbocycles. The van der Waals surface area contributed by atoms with Crippen molar-refractivity contribution in [1.29, 1.82) is 0 Å². The van der Waals surface area contributed by atoms with Gasteiger partial charge in [0.1, 0.15) is 0 Å². The van der Waals surface area contributed by atoms with Gasteiger partial charge in [-0.3, -0.25) is 9.59 Å². The van der Waals surface area contributed by atoms with E-state index in [1.807, 2.05) is 6.92 Å². The second-order valence-electron chi connectivity index (χ2n) is 3.51. The molecule has 2 N–H and O–H groups in total. The molecule has 88 valence electrons. The van der Waals surface area contributed by atoms with Crippen molar-refractivity contribution in [3.8, 4) is 0 Å². The van der Waals surface area contributed by atoms with Crippen molar-refractivity contribution in [3.63, 3.8) is 0 Å². The number of hydrogen-bond donors (Lipinski definition) is 2. The molecule has 1 rings (SSSR count). The number of likely N-dealkylation sites (N-methyl/N-ethyl adjacent to an activating group) is 1. The first-order valence-electron chi connectivity index (χ1n) is 5.16. The summed E-state index contributed by atoms with van der Waals surface area (Å²) in [5.74, 6) is -0.0652. The number of hydrogen-bond acceptors (Lipinski definition) is 4. The normalized spacial score (nSPS) is 9.88. The van der Waals surface area contributed by atoms with Crippen molar-refractivity contribution in [2.75, 3.05) is 25.0 Å². The van der Waals surface area contributed by atoms with Crippen molar-refractivity contribution < 1.29 is 4.79 Å². The van der Waals surface area contributed by atoms with Crippen LogP contribution in [0.5, 0.6) is 0 Å². The van der Waals surface area contributed by atoms with Crippen LogP contribution < -0.4 is 15.8 Å². The number of carbonyl (C=O) groups is 1. The highest BCUT2D eigenvalue weighted by atomic mass is 16.2. The predicted octanol–water partition coefficient (Wildman–Crippen LogP) is -0.268. The third kappa shape index (κ3) is 3.72. The number of aromatic amines is 1. The summed E-state index contributed by atoms with van der Waals surface area (Å²) in [7, 11) is 1.74. The average molecular weight is 224 g/mol. The molecule has 0 bridgehead atoms. The van der Waals surface area contributed by atoms with E-state index >= 15 is 0 Å². The minimum absolute atomic E-state index is 0.0652. The van der Waals surface area contributed by atoms with Crippen molar-refractivity contribution in [1.82, 2.24) is 15.5 Å². The molecule has 0 atom stereocenters. The van der Waals surface area contributed by atoms with Crippen LogP contribution in [0.1, 0.15) is 13.3 Å². The topological polar surface area (TPSA) is 78.1 Å². The summed E-state index contributed by atoms with van der Waals surface area (Å²) in [6.45, 7) is 2.87. The van der Waals surface area contributed by atoms with E-state index in [-0.39, 0.29) is 18.0 Å². The maximum Gasteiger partial charge on any atom is 0.266 e. The first-order valence-corrected chi connectivity index (χ1v) is 5.16. The molecule has 0 unspecified atom stereocenters. The summed E-state index contributed by atoms with van der Waals surface area (Å²) in [6, 6.07) is 1.40. The van der Waals surface area contributed by atoms with Gasteiger partial charge in [-0.05, 0) is 6.42 Å². The molecule has 0 saturated heterocycles. The van der Waals surface area contributed by atoms with Gasteiger partial charge in [0.25, 0.3) is 5.56 Å². The lowest BCUT2D eigenvalue weighted by atomic mass is 10.4. The van der Waals surface area contributed by atoms with Gasteiger partial charge in [0.15, 0.2) is 0 Å². The minimum Gasteiger partial charge on any atom is -0.364 e. The van der Waals surface area contributed by atoms with E-state index in [9.17, 15) is 9.59 Å². The molecule has 0 radical (unpaired) electrons. The summed E-state index contributed by atoms with van der Waals surface area (Å²) in [6.07, 6.45) is 2.41. The molecule has 0 fully saturated rings. The van der Waals surface area contributed by atoms with Crippen molar-refractivity contribution in [2.45, 2.75) is 13.3 Å². The number of carbonyl (C=O) groups excluding carboxylic acids is 1. The van der Waals surface area contributed by atoms with Gasteiger partial charge >= 0.3 is 0 Å². The van der Waals surface area contributed by atoms with Gasteiger partial charge in [0.05, 0.1) is 18.4 Å². The Labute approximate surface area is 93.7 Å². The molecule has 6 nitrogen and oxygen atoms in total. The van der Waals surface area contributed by atoms with Crippen LogP contribution in [0.3, 0.4) is 0 Å². The second kappa shape index (κ2) is 5.89. The molecule has 1 aromatic rings. The Morgan fingerprint density at radius 2 is 2.38 bits per heavy atom. The zero-order valence-electron chi connectivity index (χ0n) is 9.49. The van der Waals surface area contributed by atoms with E-state index in [1.54, 1.807) is 11.9 Å². The number of nitrogens with zero attached hydrogens (tertiary/aromatic N) is 2. The molecule has 0 spiro atoms. The fraction of sp³-hybridized carbons (Fsp3) is 0.500. The number of rotatable bonds is 5. The summed E-state index contributed by atoms with van der Waals surface area (Å²) >= 11 is 0. The Morgan fingerprint density at radius 3 is 3.00 bits per heavy atom. The van der Waals surface area contributed by atoms with Crippen molar-refractivity contribution in [3.05, 3.63) is 22.6 Å². The summed E-state index contributed by atoms with van der Waals surface area (Å²) < 4.78 is 0. The average Bonchev–Trinajstić information content (AvgIpc) is 2.26. The first-order chi connectivity index (χ1) is 7.63. The largest absolute Gasteiger partial charge is 0.364 e. The van der Waals surface area contributed by atoms with E-state index in [2.05, 4.69) is 15.5 Å². The van der Waals surface area contributed by atoms with Crippen LogP contribution in [0.25, 0.3) is 0 Å². The van der Waals surface area contributed by atoms with Crippen LogP contribution in [0.2, 0.25) is 0 Å². The van der Waals surface area contributed by atoms with E-state index in [0.717, 1.165) is 6.42 Å². The van der Waals surface area contributed by atoms with E-state index in [4.69, 9.17) is 0 Å². The van der Waals surface area contributed by atoms with Crippen molar-refractivity contribution in [2.24, 2.45) is 0 Å². The molecular weight excluding hydrogens is 208 g/mol. The molecule has 0 aliphatic rings. The van der Waals surface area contributed by atoms with Gasteiger partial charge in [-0.1, -0.05) is 6.92 Å². The lowest BCUT2D eigenvalue weighted by molar-refractivity contribution is -0.119. The number of H-pyrrole nitrogens is 1. The fourth-order valence-corrected chi connectivity index (χ4v) is 1.20.